The number of carbonyl (C=O) groups is 1. The zero-order valence-electron chi connectivity index (χ0n) is 13.7. The SMILES string of the molecule is N#Cc1ccc(Oc2ccc(NC(=O)N3CCC[C@H]3CO)cc2)cc1. The van der Waals surface area contributed by atoms with Crippen LogP contribution < -0.4 is 10.1 Å². The maximum absolute atomic E-state index is 12.3. The Morgan fingerprint density at radius 2 is 1.84 bits per heavy atom. The van der Waals surface area contributed by atoms with Crippen molar-refractivity contribution in [3.05, 3.63) is 54.1 Å². The van der Waals surface area contributed by atoms with Crippen molar-refractivity contribution in [1.29, 1.82) is 5.26 Å². The summed E-state index contributed by atoms with van der Waals surface area (Å²) in [5.74, 6) is 1.27. The van der Waals surface area contributed by atoms with Crippen molar-refractivity contribution < 1.29 is 14.6 Å². The Hall–Kier alpha value is -3.04. The lowest BCUT2D eigenvalue weighted by molar-refractivity contribution is 0.166. The first-order chi connectivity index (χ1) is 12.2. The summed E-state index contributed by atoms with van der Waals surface area (Å²) in [4.78, 5) is 13.9. The number of hydrogen-bond acceptors (Lipinski definition) is 4. The Balaban J connectivity index is 1.60. The minimum absolute atomic E-state index is 0.00914. The Morgan fingerprint density at radius 1 is 1.20 bits per heavy atom. The smallest absolute Gasteiger partial charge is 0.322 e. The van der Waals surface area contributed by atoms with Gasteiger partial charge in [-0.05, 0) is 61.4 Å². The molecular weight excluding hydrogens is 318 g/mol. The number of aliphatic hydroxyl groups excluding tert-OH is 1. The fraction of sp³-hybridized carbons (Fsp3) is 0.263. The number of nitrogens with zero attached hydrogens (tertiary/aromatic N) is 2. The van der Waals surface area contributed by atoms with Crippen LogP contribution in [0.25, 0.3) is 0 Å². The van der Waals surface area contributed by atoms with Crippen LogP contribution in [0.4, 0.5) is 10.5 Å². The van der Waals surface area contributed by atoms with Crippen LogP contribution in [0, 0.1) is 11.3 Å². The van der Waals surface area contributed by atoms with Gasteiger partial charge in [0.1, 0.15) is 11.5 Å². The Kier molecular flexibility index (Phi) is 5.17. The highest BCUT2D eigenvalue weighted by Crippen LogP contribution is 2.24. The summed E-state index contributed by atoms with van der Waals surface area (Å²) in [5, 5.41) is 20.9. The summed E-state index contributed by atoms with van der Waals surface area (Å²) in [7, 11) is 0. The normalized spacial score (nSPS) is 16.3. The van der Waals surface area contributed by atoms with Gasteiger partial charge in [0.15, 0.2) is 0 Å². The first-order valence-electron chi connectivity index (χ1n) is 8.16. The van der Waals surface area contributed by atoms with Crippen molar-refractivity contribution in [3.8, 4) is 17.6 Å². The maximum Gasteiger partial charge on any atom is 0.322 e. The van der Waals surface area contributed by atoms with Crippen molar-refractivity contribution >= 4 is 11.7 Å². The second-order valence-electron chi connectivity index (χ2n) is 5.86. The second kappa shape index (κ2) is 7.69. The molecule has 2 aromatic carbocycles. The number of benzene rings is 2. The fourth-order valence-corrected chi connectivity index (χ4v) is 2.83. The lowest BCUT2D eigenvalue weighted by Gasteiger charge is -2.23. The third-order valence-electron chi connectivity index (χ3n) is 4.17. The molecule has 0 unspecified atom stereocenters. The van der Waals surface area contributed by atoms with Crippen molar-refractivity contribution in [2.24, 2.45) is 0 Å². The minimum atomic E-state index is -0.197. The molecule has 1 aliphatic heterocycles. The van der Waals surface area contributed by atoms with E-state index in [2.05, 4.69) is 11.4 Å². The van der Waals surface area contributed by atoms with Crippen LogP contribution in [0.15, 0.2) is 48.5 Å². The van der Waals surface area contributed by atoms with Gasteiger partial charge < -0.3 is 20.1 Å². The second-order valence-corrected chi connectivity index (χ2v) is 5.86. The van der Waals surface area contributed by atoms with E-state index in [-0.39, 0.29) is 18.7 Å². The Labute approximate surface area is 146 Å². The number of amides is 2. The largest absolute Gasteiger partial charge is 0.457 e. The molecule has 2 amide bonds. The number of anilines is 1. The van der Waals surface area contributed by atoms with E-state index < -0.39 is 0 Å². The first kappa shape index (κ1) is 16.8. The number of aliphatic hydroxyl groups is 1. The van der Waals surface area contributed by atoms with Crippen LogP contribution in [0.2, 0.25) is 0 Å². The average molecular weight is 337 g/mol. The minimum Gasteiger partial charge on any atom is -0.457 e. The van der Waals surface area contributed by atoms with Gasteiger partial charge in [0.05, 0.1) is 24.3 Å². The molecule has 2 aromatic rings. The van der Waals surface area contributed by atoms with E-state index in [0.29, 0.717) is 29.3 Å². The number of likely N-dealkylation sites (tertiary alicyclic amines) is 1. The van der Waals surface area contributed by atoms with Crippen LogP contribution >= 0.6 is 0 Å². The van der Waals surface area contributed by atoms with Crippen LogP contribution in [-0.2, 0) is 0 Å². The molecule has 1 fully saturated rings. The highest BCUT2D eigenvalue weighted by atomic mass is 16.5. The molecule has 128 valence electrons. The van der Waals surface area contributed by atoms with E-state index in [1.165, 1.54) is 0 Å². The standard InChI is InChI=1S/C19H19N3O3/c20-12-14-3-7-17(8-4-14)25-18-9-5-15(6-10-18)21-19(24)22-11-1-2-16(22)13-23/h3-10,16,23H,1-2,11,13H2,(H,21,24)/t16-/m0/s1. The highest BCUT2D eigenvalue weighted by Gasteiger charge is 2.27. The monoisotopic (exact) mass is 337 g/mol. The van der Waals surface area contributed by atoms with E-state index in [0.717, 1.165) is 12.8 Å². The van der Waals surface area contributed by atoms with Gasteiger partial charge in [-0.1, -0.05) is 0 Å². The van der Waals surface area contributed by atoms with Crippen LogP contribution in [0.1, 0.15) is 18.4 Å². The van der Waals surface area contributed by atoms with E-state index in [1.807, 2.05) is 0 Å². The van der Waals surface area contributed by atoms with Crippen molar-refractivity contribution in [3.63, 3.8) is 0 Å². The number of hydrogen-bond donors (Lipinski definition) is 2. The number of rotatable bonds is 4. The predicted octanol–water partition coefficient (Wildman–Crippen LogP) is 3.34. The summed E-state index contributed by atoms with van der Waals surface area (Å²) in [6.07, 6.45) is 1.75. The summed E-state index contributed by atoms with van der Waals surface area (Å²) >= 11 is 0. The molecule has 1 atom stereocenters. The third kappa shape index (κ3) is 4.08. The van der Waals surface area contributed by atoms with Gasteiger partial charge in [0, 0.05) is 12.2 Å². The molecule has 0 spiro atoms. The molecular formula is C19H19N3O3. The van der Waals surface area contributed by atoms with Gasteiger partial charge in [0.25, 0.3) is 0 Å². The van der Waals surface area contributed by atoms with Crippen molar-refractivity contribution in [2.75, 3.05) is 18.5 Å². The van der Waals surface area contributed by atoms with E-state index in [1.54, 1.807) is 53.4 Å². The van der Waals surface area contributed by atoms with Crippen molar-refractivity contribution in [2.45, 2.75) is 18.9 Å². The molecule has 6 heteroatoms. The van der Waals surface area contributed by atoms with Crippen molar-refractivity contribution in [1.82, 2.24) is 4.90 Å². The molecule has 0 aromatic heterocycles. The zero-order chi connectivity index (χ0) is 17.6. The number of urea groups is 1. The highest BCUT2D eigenvalue weighted by molar-refractivity contribution is 5.89. The number of ether oxygens (including phenoxy) is 1. The van der Waals surface area contributed by atoms with E-state index in [9.17, 15) is 9.90 Å². The lowest BCUT2D eigenvalue weighted by Crippen LogP contribution is -2.40. The summed E-state index contributed by atoms with van der Waals surface area (Å²) < 4.78 is 5.71. The molecule has 0 aliphatic carbocycles. The van der Waals surface area contributed by atoms with Gasteiger partial charge >= 0.3 is 6.03 Å². The zero-order valence-corrected chi connectivity index (χ0v) is 13.7. The molecule has 1 saturated heterocycles. The molecule has 0 saturated carbocycles. The van der Waals surface area contributed by atoms with Gasteiger partial charge in [-0.15, -0.1) is 0 Å². The quantitative estimate of drug-likeness (QED) is 0.896. The van der Waals surface area contributed by atoms with Gasteiger partial charge in [-0.2, -0.15) is 5.26 Å². The Morgan fingerprint density at radius 3 is 2.44 bits per heavy atom. The maximum atomic E-state index is 12.3. The third-order valence-corrected chi connectivity index (χ3v) is 4.17. The Bertz CT molecular complexity index is 766. The van der Waals surface area contributed by atoms with Gasteiger partial charge in [-0.25, -0.2) is 4.79 Å². The fourth-order valence-electron chi connectivity index (χ4n) is 2.83. The molecule has 0 bridgehead atoms. The number of nitrogens with one attached hydrogen (secondary N) is 1. The molecule has 6 nitrogen and oxygen atoms in total. The molecule has 0 radical (unpaired) electrons. The van der Waals surface area contributed by atoms with Crippen LogP contribution in [-0.4, -0.2) is 35.2 Å². The molecule has 3 rings (SSSR count). The summed E-state index contributed by atoms with van der Waals surface area (Å²) in [6.45, 7) is 0.655. The first-order valence-corrected chi connectivity index (χ1v) is 8.16. The predicted molar refractivity (Wildman–Crippen MR) is 93.5 cm³/mol. The number of carbonyl (C=O) groups excluding carboxylic acids is 1. The lowest BCUT2D eigenvalue weighted by atomic mass is 10.2. The van der Waals surface area contributed by atoms with E-state index in [4.69, 9.17) is 10.00 Å². The molecule has 1 aliphatic rings. The molecule has 2 N–H and O–H groups in total. The molecule has 1 heterocycles. The topological polar surface area (TPSA) is 85.6 Å². The van der Waals surface area contributed by atoms with Gasteiger partial charge in [0.2, 0.25) is 0 Å². The summed E-state index contributed by atoms with van der Waals surface area (Å²) in [6, 6.07) is 15.7. The molecule has 25 heavy (non-hydrogen) atoms. The van der Waals surface area contributed by atoms with Gasteiger partial charge in [-0.3, -0.25) is 0 Å². The van der Waals surface area contributed by atoms with Crippen LogP contribution in [0.5, 0.6) is 11.5 Å². The average Bonchev–Trinajstić information content (AvgIpc) is 3.13. The van der Waals surface area contributed by atoms with E-state index >= 15 is 0 Å². The summed E-state index contributed by atoms with van der Waals surface area (Å²) in [5.41, 5.74) is 1.24. The number of nitriles is 1. The van der Waals surface area contributed by atoms with Crippen LogP contribution in [0.3, 0.4) is 0 Å².